The van der Waals surface area contributed by atoms with E-state index in [1.807, 2.05) is 12.1 Å². The van der Waals surface area contributed by atoms with Crippen LogP contribution in [0.4, 0.5) is 11.4 Å². The van der Waals surface area contributed by atoms with E-state index >= 15 is 0 Å². The van der Waals surface area contributed by atoms with Crippen molar-refractivity contribution < 1.29 is 0 Å². The third kappa shape index (κ3) is 2.92. The lowest BCUT2D eigenvalue weighted by molar-refractivity contribution is 0.920. The van der Waals surface area contributed by atoms with Crippen molar-refractivity contribution in [2.45, 2.75) is 26.7 Å². The molecule has 93 valence electrons. The minimum absolute atomic E-state index is 0.969. The molecule has 0 aliphatic carbocycles. The van der Waals surface area contributed by atoms with Crippen LogP contribution in [-0.4, -0.2) is 6.54 Å². The number of rotatable bonds is 5. The van der Waals surface area contributed by atoms with Crippen molar-refractivity contribution >= 4 is 11.4 Å². The van der Waals surface area contributed by atoms with Gasteiger partial charge in [-0.25, -0.2) is 0 Å². The van der Waals surface area contributed by atoms with Gasteiger partial charge in [0.2, 0.25) is 0 Å². The number of anilines is 2. The summed E-state index contributed by atoms with van der Waals surface area (Å²) < 4.78 is 0. The molecule has 2 rings (SSSR count). The van der Waals surface area contributed by atoms with E-state index in [9.17, 15) is 0 Å². The van der Waals surface area contributed by atoms with Crippen molar-refractivity contribution in [3.8, 4) is 0 Å². The molecular weight excluding hydrogens is 218 g/mol. The summed E-state index contributed by atoms with van der Waals surface area (Å²) >= 11 is 0. The lowest BCUT2D eigenvalue weighted by Crippen LogP contribution is -2.15. The van der Waals surface area contributed by atoms with E-state index in [0.717, 1.165) is 13.0 Å². The average Bonchev–Trinajstić information content (AvgIpc) is 2.43. The standard InChI is InChI=1S/C17H20N/c1-3-8-15-11-13-17(14-12-15)18(4-2)16-9-6-5-7-10-16/h6-7,9-14H,3-4,8H2,1-2H3. The predicted molar refractivity (Wildman–Crippen MR) is 78.4 cm³/mol. The van der Waals surface area contributed by atoms with Crippen LogP contribution in [0.3, 0.4) is 0 Å². The Morgan fingerprint density at radius 3 is 2.06 bits per heavy atom. The zero-order valence-electron chi connectivity index (χ0n) is 11.2. The fourth-order valence-electron chi connectivity index (χ4n) is 2.20. The second-order valence-electron chi connectivity index (χ2n) is 4.42. The summed E-state index contributed by atoms with van der Waals surface area (Å²) in [5.74, 6) is 0. The van der Waals surface area contributed by atoms with Crippen LogP contribution in [0, 0.1) is 6.07 Å². The maximum absolute atomic E-state index is 3.06. The van der Waals surface area contributed by atoms with Crippen LogP contribution in [0.5, 0.6) is 0 Å². The van der Waals surface area contributed by atoms with Crippen molar-refractivity contribution in [3.05, 3.63) is 60.2 Å². The maximum Gasteiger partial charge on any atom is 0.0411 e. The summed E-state index contributed by atoms with van der Waals surface area (Å²) in [5.41, 5.74) is 3.89. The molecule has 2 aromatic rings. The molecule has 0 aromatic heterocycles. The molecule has 18 heavy (non-hydrogen) atoms. The van der Waals surface area contributed by atoms with E-state index in [-0.39, 0.29) is 0 Å². The Balaban J connectivity index is 2.23. The first-order valence-electron chi connectivity index (χ1n) is 6.67. The molecule has 2 aromatic carbocycles. The van der Waals surface area contributed by atoms with Crippen molar-refractivity contribution in [3.63, 3.8) is 0 Å². The first-order valence-corrected chi connectivity index (χ1v) is 6.67. The van der Waals surface area contributed by atoms with Gasteiger partial charge in [-0.15, -0.1) is 0 Å². The van der Waals surface area contributed by atoms with Crippen LogP contribution in [0.25, 0.3) is 0 Å². The van der Waals surface area contributed by atoms with E-state index < -0.39 is 0 Å². The van der Waals surface area contributed by atoms with Gasteiger partial charge in [-0.2, -0.15) is 0 Å². The highest BCUT2D eigenvalue weighted by molar-refractivity contribution is 5.63. The van der Waals surface area contributed by atoms with Gasteiger partial charge in [-0.05, 0) is 49.2 Å². The monoisotopic (exact) mass is 238 g/mol. The van der Waals surface area contributed by atoms with E-state index in [1.54, 1.807) is 0 Å². The lowest BCUT2D eigenvalue weighted by atomic mass is 10.1. The lowest BCUT2D eigenvalue weighted by Gasteiger charge is -2.23. The second kappa shape index (κ2) is 6.25. The molecule has 0 N–H and O–H groups in total. The van der Waals surface area contributed by atoms with Crippen molar-refractivity contribution in [1.82, 2.24) is 0 Å². The molecule has 0 heterocycles. The summed E-state index contributed by atoms with van der Waals surface area (Å²) in [6.45, 7) is 5.36. The number of nitrogens with zero attached hydrogens (tertiary/aromatic N) is 1. The quantitative estimate of drug-likeness (QED) is 0.736. The average molecular weight is 238 g/mol. The van der Waals surface area contributed by atoms with Gasteiger partial charge in [0.05, 0.1) is 0 Å². The largest absolute Gasteiger partial charge is 0.342 e. The Morgan fingerprint density at radius 2 is 1.50 bits per heavy atom. The molecule has 0 saturated carbocycles. The Hall–Kier alpha value is -1.76. The van der Waals surface area contributed by atoms with Crippen LogP contribution >= 0.6 is 0 Å². The molecule has 1 radical (unpaired) electrons. The normalized spacial score (nSPS) is 10.3. The van der Waals surface area contributed by atoms with Gasteiger partial charge in [0.1, 0.15) is 0 Å². The number of benzene rings is 2. The van der Waals surface area contributed by atoms with Gasteiger partial charge in [0, 0.05) is 17.9 Å². The molecule has 0 atom stereocenters. The van der Waals surface area contributed by atoms with Gasteiger partial charge in [0.15, 0.2) is 0 Å². The fraction of sp³-hybridized carbons (Fsp3) is 0.294. The zero-order chi connectivity index (χ0) is 12.8. The van der Waals surface area contributed by atoms with E-state index in [4.69, 9.17) is 0 Å². The molecule has 0 aliphatic heterocycles. The topological polar surface area (TPSA) is 3.24 Å². The highest BCUT2D eigenvalue weighted by Crippen LogP contribution is 2.25. The first kappa shape index (κ1) is 12.7. The predicted octanol–water partition coefficient (Wildman–Crippen LogP) is 4.60. The van der Waals surface area contributed by atoms with Crippen LogP contribution in [0.15, 0.2) is 48.5 Å². The Kier molecular flexibility index (Phi) is 4.40. The summed E-state index contributed by atoms with van der Waals surface area (Å²) in [7, 11) is 0. The summed E-state index contributed by atoms with van der Waals surface area (Å²) in [4.78, 5) is 2.31. The SMILES string of the molecule is CCCc1ccc(N(CC)c2cc[c]cc2)cc1. The van der Waals surface area contributed by atoms with Crippen molar-refractivity contribution in [2.75, 3.05) is 11.4 Å². The van der Waals surface area contributed by atoms with Gasteiger partial charge < -0.3 is 4.90 Å². The van der Waals surface area contributed by atoms with Crippen LogP contribution in [-0.2, 0) is 6.42 Å². The molecule has 0 bridgehead atoms. The summed E-state index contributed by atoms with van der Waals surface area (Å²) in [6, 6.07) is 20.1. The van der Waals surface area contributed by atoms with Gasteiger partial charge in [-0.3, -0.25) is 0 Å². The fourth-order valence-corrected chi connectivity index (χ4v) is 2.20. The molecule has 0 aliphatic rings. The molecule has 0 fully saturated rings. The van der Waals surface area contributed by atoms with Gasteiger partial charge >= 0.3 is 0 Å². The van der Waals surface area contributed by atoms with E-state index in [1.165, 1.54) is 23.4 Å². The smallest absolute Gasteiger partial charge is 0.0411 e. The van der Waals surface area contributed by atoms with Crippen LogP contribution < -0.4 is 4.90 Å². The number of hydrogen-bond donors (Lipinski definition) is 0. The molecule has 0 unspecified atom stereocenters. The highest BCUT2D eigenvalue weighted by Gasteiger charge is 2.06. The van der Waals surface area contributed by atoms with Gasteiger partial charge in [-0.1, -0.05) is 37.6 Å². The van der Waals surface area contributed by atoms with Crippen LogP contribution in [0.1, 0.15) is 25.8 Å². The summed E-state index contributed by atoms with van der Waals surface area (Å²) in [6.07, 6.45) is 2.36. The molecule has 0 amide bonds. The molecule has 1 heteroatoms. The Labute approximate surface area is 110 Å². The minimum Gasteiger partial charge on any atom is -0.342 e. The number of aryl methyl sites for hydroxylation is 1. The second-order valence-corrected chi connectivity index (χ2v) is 4.42. The van der Waals surface area contributed by atoms with E-state index in [0.29, 0.717) is 0 Å². The maximum atomic E-state index is 3.06. The van der Waals surface area contributed by atoms with E-state index in [2.05, 4.69) is 61.2 Å². The first-order chi connectivity index (χ1) is 8.85. The Morgan fingerprint density at radius 1 is 0.889 bits per heavy atom. The number of hydrogen-bond acceptors (Lipinski definition) is 1. The minimum atomic E-state index is 0.969. The highest BCUT2D eigenvalue weighted by atomic mass is 15.1. The zero-order valence-corrected chi connectivity index (χ0v) is 11.2. The molecule has 1 nitrogen and oxygen atoms in total. The summed E-state index contributed by atoms with van der Waals surface area (Å²) in [5, 5.41) is 0. The van der Waals surface area contributed by atoms with Gasteiger partial charge in [0.25, 0.3) is 0 Å². The molecular formula is C17H20N. The third-order valence-corrected chi connectivity index (χ3v) is 3.12. The van der Waals surface area contributed by atoms with Crippen LogP contribution in [0.2, 0.25) is 0 Å². The third-order valence-electron chi connectivity index (χ3n) is 3.12. The van der Waals surface area contributed by atoms with Crippen molar-refractivity contribution in [1.29, 1.82) is 0 Å². The molecule has 0 spiro atoms. The van der Waals surface area contributed by atoms with Crippen molar-refractivity contribution in [2.24, 2.45) is 0 Å². The Bertz CT molecular complexity index is 459. The molecule has 0 saturated heterocycles.